The molecule has 5 heteroatoms. The number of carbonyl (C=O) groups is 2. The number of carbonyl (C=O) groups excluding carboxylic acids is 1. The molecular weight excluding hydrogens is 246 g/mol. The predicted octanol–water partition coefficient (Wildman–Crippen LogP) is 1.68. The van der Waals surface area contributed by atoms with Gasteiger partial charge in [-0.05, 0) is 43.0 Å². The van der Waals surface area contributed by atoms with Gasteiger partial charge in [0.15, 0.2) is 0 Å². The second kappa shape index (κ2) is 5.73. The zero-order chi connectivity index (χ0) is 13.8. The summed E-state index contributed by atoms with van der Waals surface area (Å²) < 4.78 is 5.02. The minimum atomic E-state index is -0.882. The summed E-state index contributed by atoms with van der Waals surface area (Å²) in [5.41, 5.74) is 0.511. The van der Waals surface area contributed by atoms with Gasteiger partial charge < -0.3 is 15.2 Å². The van der Waals surface area contributed by atoms with Crippen LogP contribution in [0.15, 0.2) is 24.3 Å². The number of ether oxygens (including phenoxy) is 1. The van der Waals surface area contributed by atoms with Crippen molar-refractivity contribution in [1.29, 1.82) is 0 Å². The first-order valence-electron chi connectivity index (χ1n) is 6.27. The molecule has 0 bridgehead atoms. The summed E-state index contributed by atoms with van der Waals surface area (Å²) in [6.07, 6.45) is 1.95. The molecule has 1 aromatic carbocycles. The van der Waals surface area contributed by atoms with Crippen LogP contribution in [0, 0.1) is 5.92 Å². The molecule has 1 amide bonds. The Morgan fingerprint density at radius 3 is 2.47 bits per heavy atom. The third-order valence-electron chi connectivity index (χ3n) is 3.25. The first kappa shape index (κ1) is 13.4. The van der Waals surface area contributed by atoms with Crippen LogP contribution >= 0.6 is 0 Å². The quantitative estimate of drug-likeness (QED) is 0.818. The minimum absolute atomic E-state index is 0.0213. The topological polar surface area (TPSA) is 75.6 Å². The van der Waals surface area contributed by atoms with Gasteiger partial charge in [-0.25, -0.2) is 0 Å². The Labute approximate surface area is 111 Å². The minimum Gasteiger partial charge on any atom is -0.497 e. The number of amides is 1. The average molecular weight is 263 g/mol. The summed E-state index contributed by atoms with van der Waals surface area (Å²) in [5.74, 6) is -0.133. The van der Waals surface area contributed by atoms with E-state index >= 15 is 0 Å². The van der Waals surface area contributed by atoms with E-state index in [0.717, 1.165) is 12.8 Å². The van der Waals surface area contributed by atoms with Gasteiger partial charge in [0.1, 0.15) is 5.75 Å². The first-order chi connectivity index (χ1) is 9.10. The highest BCUT2D eigenvalue weighted by molar-refractivity contribution is 5.94. The Hall–Kier alpha value is -2.04. The molecule has 0 heterocycles. The van der Waals surface area contributed by atoms with Gasteiger partial charge in [0.05, 0.1) is 13.5 Å². The summed E-state index contributed by atoms with van der Waals surface area (Å²) in [6.45, 7) is 0. The number of nitrogens with one attached hydrogen (secondary N) is 1. The summed E-state index contributed by atoms with van der Waals surface area (Å²) in [6, 6.07) is 6.47. The highest BCUT2D eigenvalue weighted by atomic mass is 16.5. The van der Waals surface area contributed by atoms with Gasteiger partial charge in [0, 0.05) is 11.6 Å². The number of rotatable bonds is 6. The molecule has 1 aliphatic rings. The fourth-order valence-electron chi connectivity index (χ4n) is 2.02. The molecule has 0 spiro atoms. The maximum Gasteiger partial charge on any atom is 0.305 e. The van der Waals surface area contributed by atoms with Crippen LogP contribution < -0.4 is 10.1 Å². The molecule has 1 atom stereocenters. The van der Waals surface area contributed by atoms with Gasteiger partial charge in [-0.3, -0.25) is 9.59 Å². The Bertz CT molecular complexity index is 465. The number of hydrogen-bond donors (Lipinski definition) is 2. The van der Waals surface area contributed by atoms with Crippen molar-refractivity contribution in [2.24, 2.45) is 5.92 Å². The van der Waals surface area contributed by atoms with Crippen molar-refractivity contribution in [3.63, 3.8) is 0 Å². The predicted molar refractivity (Wildman–Crippen MR) is 69.2 cm³/mol. The van der Waals surface area contributed by atoms with E-state index in [1.807, 2.05) is 0 Å². The van der Waals surface area contributed by atoms with E-state index < -0.39 is 5.97 Å². The number of carboxylic acid groups (broad SMARTS) is 1. The molecule has 2 rings (SSSR count). The molecule has 1 saturated carbocycles. The van der Waals surface area contributed by atoms with Gasteiger partial charge in [0.25, 0.3) is 5.91 Å². The van der Waals surface area contributed by atoms with Crippen molar-refractivity contribution in [2.75, 3.05) is 7.11 Å². The standard InChI is InChI=1S/C14H17NO4/c1-19-11-6-4-10(5-7-11)14(18)15-12(8-13(16)17)9-2-3-9/h4-7,9,12H,2-3,8H2,1H3,(H,15,18)(H,16,17). The number of methoxy groups -OCH3 is 1. The zero-order valence-electron chi connectivity index (χ0n) is 10.8. The van der Waals surface area contributed by atoms with Crippen molar-refractivity contribution < 1.29 is 19.4 Å². The van der Waals surface area contributed by atoms with E-state index in [9.17, 15) is 9.59 Å². The SMILES string of the molecule is COc1ccc(C(=O)NC(CC(=O)O)C2CC2)cc1. The Balaban J connectivity index is 1.99. The van der Waals surface area contributed by atoms with Crippen LogP contribution in [0.1, 0.15) is 29.6 Å². The molecule has 1 fully saturated rings. The number of benzene rings is 1. The lowest BCUT2D eigenvalue weighted by molar-refractivity contribution is -0.137. The molecule has 5 nitrogen and oxygen atoms in total. The van der Waals surface area contributed by atoms with Crippen LogP contribution in [0.3, 0.4) is 0 Å². The van der Waals surface area contributed by atoms with Crippen molar-refractivity contribution in [3.8, 4) is 5.75 Å². The van der Waals surface area contributed by atoms with E-state index in [1.165, 1.54) is 0 Å². The van der Waals surface area contributed by atoms with Gasteiger partial charge in [-0.2, -0.15) is 0 Å². The van der Waals surface area contributed by atoms with E-state index in [4.69, 9.17) is 9.84 Å². The van der Waals surface area contributed by atoms with Gasteiger partial charge in [-0.1, -0.05) is 0 Å². The molecule has 0 radical (unpaired) electrons. The number of carboxylic acids is 1. The zero-order valence-corrected chi connectivity index (χ0v) is 10.8. The maximum atomic E-state index is 12.0. The molecule has 19 heavy (non-hydrogen) atoms. The van der Waals surface area contributed by atoms with Crippen LogP contribution in [-0.2, 0) is 4.79 Å². The van der Waals surface area contributed by atoms with Crippen molar-refractivity contribution in [2.45, 2.75) is 25.3 Å². The van der Waals surface area contributed by atoms with E-state index in [0.29, 0.717) is 17.2 Å². The smallest absolute Gasteiger partial charge is 0.305 e. The number of aliphatic carboxylic acids is 1. The lowest BCUT2D eigenvalue weighted by Crippen LogP contribution is -2.38. The highest BCUT2D eigenvalue weighted by Crippen LogP contribution is 2.34. The normalized spacial score (nSPS) is 15.6. The fourth-order valence-corrected chi connectivity index (χ4v) is 2.02. The lowest BCUT2D eigenvalue weighted by atomic mass is 10.1. The first-order valence-corrected chi connectivity index (χ1v) is 6.27. The molecule has 1 unspecified atom stereocenters. The lowest BCUT2D eigenvalue weighted by Gasteiger charge is -2.16. The van der Waals surface area contributed by atoms with Crippen molar-refractivity contribution in [1.82, 2.24) is 5.32 Å². The fraction of sp³-hybridized carbons (Fsp3) is 0.429. The monoisotopic (exact) mass is 263 g/mol. The summed E-state index contributed by atoms with van der Waals surface area (Å²) in [7, 11) is 1.56. The van der Waals surface area contributed by atoms with Crippen molar-refractivity contribution in [3.05, 3.63) is 29.8 Å². The average Bonchev–Trinajstić information content (AvgIpc) is 3.21. The third-order valence-corrected chi connectivity index (χ3v) is 3.25. The summed E-state index contributed by atoms with van der Waals surface area (Å²) >= 11 is 0. The van der Waals surface area contributed by atoms with E-state index in [2.05, 4.69) is 5.32 Å². The van der Waals surface area contributed by atoms with Crippen molar-refractivity contribution >= 4 is 11.9 Å². The summed E-state index contributed by atoms with van der Waals surface area (Å²) in [4.78, 5) is 22.8. The molecule has 102 valence electrons. The highest BCUT2D eigenvalue weighted by Gasteiger charge is 2.33. The molecule has 0 aliphatic heterocycles. The van der Waals surface area contributed by atoms with Crippen LogP contribution in [0.25, 0.3) is 0 Å². The molecule has 1 aromatic rings. The Kier molecular flexibility index (Phi) is 4.04. The second-order valence-corrected chi connectivity index (χ2v) is 4.74. The maximum absolute atomic E-state index is 12.0. The molecular formula is C14H17NO4. The van der Waals surface area contributed by atoms with Crippen LogP contribution in [0.4, 0.5) is 0 Å². The van der Waals surface area contributed by atoms with Gasteiger partial charge >= 0.3 is 5.97 Å². The van der Waals surface area contributed by atoms with E-state index in [1.54, 1.807) is 31.4 Å². The van der Waals surface area contributed by atoms with E-state index in [-0.39, 0.29) is 18.4 Å². The molecule has 0 aromatic heterocycles. The summed E-state index contributed by atoms with van der Waals surface area (Å²) in [5, 5.41) is 11.6. The van der Waals surface area contributed by atoms with Gasteiger partial charge in [0.2, 0.25) is 0 Å². The largest absolute Gasteiger partial charge is 0.497 e. The number of hydrogen-bond acceptors (Lipinski definition) is 3. The molecule has 0 saturated heterocycles. The Morgan fingerprint density at radius 2 is 2.00 bits per heavy atom. The van der Waals surface area contributed by atoms with Crippen LogP contribution in [0.5, 0.6) is 5.75 Å². The van der Waals surface area contributed by atoms with Crippen LogP contribution in [0.2, 0.25) is 0 Å². The molecule has 2 N–H and O–H groups in total. The third kappa shape index (κ3) is 3.71. The van der Waals surface area contributed by atoms with Gasteiger partial charge in [-0.15, -0.1) is 0 Å². The second-order valence-electron chi connectivity index (χ2n) is 4.74. The van der Waals surface area contributed by atoms with Crippen LogP contribution in [-0.4, -0.2) is 30.1 Å². The Morgan fingerprint density at radius 1 is 1.37 bits per heavy atom. The molecule has 1 aliphatic carbocycles.